The highest BCUT2D eigenvalue weighted by atomic mass is 32.2. The van der Waals surface area contributed by atoms with Crippen molar-refractivity contribution >= 4 is 20.7 Å². The highest BCUT2D eigenvalue weighted by molar-refractivity contribution is 7.90. The van der Waals surface area contributed by atoms with Gasteiger partial charge in [0.15, 0.2) is 0 Å². The highest BCUT2D eigenvalue weighted by Crippen LogP contribution is 2.18. The molecule has 3 nitrogen and oxygen atoms in total. The fourth-order valence-corrected chi connectivity index (χ4v) is 2.42. The molecule has 0 aliphatic heterocycles. The quantitative estimate of drug-likeness (QED) is 0.819. The monoisotopic (exact) mass is 237 g/mol. The third-order valence-electron chi connectivity index (χ3n) is 2.70. The van der Waals surface area contributed by atoms with Gasteiger partial charge in [0.2, 0.25) is 0 Å². The molecule has 0 saturated heterocycles. The van der Waals surface area contributed by atoms with Crippen molar-refractivity contribution in [2.75, 3.05) is 12.0 Å². The molecule has 0 aliphatic carbocycles. The number of aryl methyl sites for hydroxylation is 2. The van der Waals surface area contributed by atoms with E-state index in [0.29, 0.717) is 6.54 Å². The van der Waals surface area contributed by atoms with Crippen molar-refractivity contribution in [3.63, 3.8) is 0 Å². The maximum absolute atomic E-state index is 11.2. The molecule has 2 aromatic rings. The van der Waals surface area contributed by atoms with Gasteiger partial charge in [-0.2, -0.15) is 0 Å². The van der Waals surface area contributed by atoms with Crippen molar-refractivity contribution < 1.29 is 8.42 Å². The van der Waals surface area contributed by atoms with Gasteiger partial charge in [-0.15, -0.1) is 0 Å². The summed E-state index contributed by atoms with van der Waals surface area (Å²) in [5.41, 5.74) is 2.20. The van der Waals surface area contributed by atoms with Gasteiger partial charge >= 0.3 is 0 Å². The number of rotatable bonds is 3. The molecule has 2 rings (SSSR count). The van der Waals surface area contributed by atoms with Gasteiger partial charge in [-0.05, 0) is 24.4 Å². The summed E-state index contributed by atoms with van der Waals surface area (Å²) in [6.45, 7) is 2.53. The SMILES string of the molecule is Cc1cc2ccccc2n1CCS(C)(=O)=O. The summed E-state index contributed by atoms with van der Waals surface area (Å²) in [4.78, 5) is 0. The lowest BCUT2D eigenvalue weighted by Gasteiger charge is -2.06. The molecule has 0 amide bonds. The van der Waals surface area contributed by atoms with Crippen molar-refractivity contribution in [1.29, 1.82) is 0 Å². The number of aromatic nitrogens is 1. The van der Waals surface area contributed by atoms with Crippen LogP contribution >= 0.6 is 0 Å². The number of fused-ring (bicyclic) bond motifs is 1. The largest absolute Gasteiger partial charge is 0.344 e. The molecule has 0 saturated carbocycles. The number of hydrogen-bond acceptors (Lipinski definition) is 2. The Morgan fingerprint density at radius 2 is 1.94 bits per heavy atom. The van der Waals surface area contributed by atoms with Crippen LogP contribution in [-0.4, -0.2) is 25.0 Å². The van der Waals surface area contributed by atoms with Crippen molar-refractivity contribution in [3.8, 4) is 0 Å². The van der Waals surface area contributed by atoms with Crippen molar-refractivity contribution in [2.45, 2.75) is 13.5 Å². The van der Waals surface area contributed by atoms with Crippen LogP contribution in [0.25, 0.3) is 10.9 Å². The van der Waals surface area contributed by atoms with Crippen LogP contribution in [0.3, 0.4) is 0 Å². The molecule has 16 heavy (non-hydrogen) atoms. The number of nitrogens with zero attached hydrogens (tertiary/aromatic N) is 1. The zero-order chi connectivity index (χ0) is 11.8. The minimum Gasteiger partial charge on any atom is -0.344 e. The number of sulfone groups is 1. The second-order valence-electron chi connectivity index (χ2n) is 4.13. The first-order valence-corrected chi connectivity index (χ1v) is 7.26. The molecule has 1 aromatic carbocycles. The van der Waals surface area contributed by atoms with Gasteiger partial charge in [-0.25, -0.2) is 8.42 Å². The zero-order valence-electron chi connectivity index (χ0n) is 9.47. The molecule has 0 bridgehead atoms. The van der Waals surface area contributed by atoms with E-state index >= 15 is 0 Å². The van der Waals surface area contributed by atoms with E-state index in [0.717, 1.165) is 16.6 Å². The van der Waals surface area contributed by atoms with E-state index in [1.165, 1.54) is 6.26 Å². The van der Waals surface area contributed by atoms with Crippen molar-refractivity contribution in [3.05, 3.63) is 36.0 Å². The summed E-state index contributed by atoms with van der Waals surface area (Å²) in [5.74, 6) is 0.187. The van der Waals surface area contributed by atoms with Gasteiger partial charge < -0.3 is 4.57 Å². The Balaban J connectivity index is 2.40. The van der Waals surface area contributed by atoms with Crippen LogP contribution in [0.5, 0.6) is 0 Å². The van der Waals surface area contributed by atoms with Gasteiger partial charge in [-0.3, -0.25) is 0 Å². The number of para-hydroxylation sites is 1. The smallest absolute Gasteiger partial charge is 0.149 e. The van der Waals surface area contributed by atoms with Crippen LogP contribution in [0, 0.1) is 6.92 Å². The standard InChI is InChI=1S/C12H15NO2S/c1-10-9-11-5-3-4-6-12(11)13(10)7-8-16(2,14)15/h3-6,9H,7-8H2,1-2H3. The Hall–Kier alpha value is -1.29. The molecule has 1 heterocycles. The van der Waals surface area contributed by atoms with Crippen LogP contribution in [0.2, 0.25) is 0 Å². The second-order valence-corrected chi connectivity index (χ2v) is 6.39. The molecule has 4 heteroatoms. The molecule has 0 N–H and O–H groups in total. The fourth-order valence-electron chi connectivity index (χ4n) is 1.90. The Morgan fingerprint density at radius 1 is 1.25 bits per heavy atom. The minimum absolute atomic E-state index is 0.187. The molecule has 86 valence electrons. The maximum atomic E-state index is 11.2. The summed E-state index contributed by atoms with van der Waals surface area (Å²) in [5, 5.41) is 1.16. The average molecular weight is 237 g/mol. The first kappa shape index (κ1) is 11.2. The maximum Gasteiger partial charge on any atom is 0.149 e. The van der Waals surface area contributed by atoms with E-state index in [-0.39, 0.29) is 5.75 Å². The Morgan fingerprint density at radius 3 is 2.62 bits per heavy atom. The Bertz CT molecular complexity index is 611. The lowest BCUT2D eigenvalue weighted by molar-refractivity contribution is 0.595. The third-order valence-corrected chi connectivity index (χ3v) is 3.63. The lowest BCUT2D eigenvalue weighted by Crippen LogP contribution is -2.11. The van der Waals surface area contributed by atoms with Gasteiger partial charge in [0.1, 0.15) is 9.84 Å². The van der Waals surface area contributed by atoms with Crippen LogP contribution < -0.4 is 0 Å². The molecular weight excluding hydrogens is 222 g/mol. The zero-order valence-corrected chi connectivity index (χ0v) is 10.3. The molecule has 0 fully saturated rings. The van der Waals surface area contributed by atoms with Crippen LogP contribution in [0.15, 0.2) is 30.3 Å². The minimum atomic E-state index is -2.91. The molecule has 1 aromatic heterocycles. The van der Waals surface area contributed by atoms with Crippen molar-refractivity contribution in [2.24, 2.45) is 0 Å². The Labute approximate surface area is 95.6 Å². The van der Waals surface area contributed by atoms with Crippen LogP contribution in [0.1, 0.15) is 5.69 Å². The number of benzene rings is 1. The predicted molar refractivity (Wildman–Crippen MR) is 66.4 cm³/mol. The molecule has 0 unspecified atom stereocenters. The van der Waals surface area contributed by atoms with E-state index < -0.39 is 9.84 Å². The average Bonchev–Trinajstić information content (AvgIpc) is 2.49. The lowest BCUT2D eigenvalue weighted by atomic mass is 10.2. The van der Waals surface area contributed by atoms with E-state index in [1.54, 1.807) is 0 Å². The molecule has 0 radical (unpaired) electrons. The summed E-state index contributed by atoms with van der Waals surface area (Å²) in [7, 11) is -2.91. The third kappa shape index (κ3) is 2.27. The normalized spacial score (nSPS) is 12.1. The summed E-state index contributed by atoms with van der Waals surface area (Å²) in [6.07, 6.45) is 1.27. The molecule has 0 spiro atoms. The summed E-state index contributed by atoms with van der Waals surface area (Å²) in [6, 6.07) is 10.1. The van der Waals surface area contributed by atoms with Crippen LogP contribution in [0.4, 0.5) is 0 Å². The summed E-state index contributed by atoms with van der Waals surface area (Å²) < 4.78 is 24.4. The van der Waals surface area contributed by atoms with Crippen molar-refractivity contribution in [1.82, 2.24) is 4.57 Å². The molecular formula is C12H15NO2S. The fraction of sp³-hybridized carbons (Fsp3) is 0.333. The molecule has 0 atom stereocenters. The van der Waals surface area contributed by atoms with Crippen LogP contribution in [-0.2, 0) is 16.4 Å². The van der Waals surface area contributed by atoms with Gasteiger partial charge in [-0.1, -0.05) is 18.2 Å². The van der Waals surface area contributed by atoms with E-state index in [1.807, 2.05) is 31.2 Å². The van der Waals surface area contributed by atoms with Gasteiger partial charge in [0.25, 0.3) is 0 Å². The van der Waals surface area contributed by atoms with E-state index in [4.69, 9.17) is 0 Å². The Kier molecular flexibility index (Phi) is 2.76. The summed E-state index contributed by atoms with van der Waals surface area (Å²) >= 11 is 0. The highest BCUT2D eigenvalue weighted by Gasteiger charge is 2.07. The predicted octanol–water partition coefficient (Wildman–Crippen LogP) is 1.99. The second kappa shape index (κ2) is 3.94. The first-order chi connectivity index (χ1) is 7.47. The molecule has 0 aliphatic rings. The van der Waals surface area contributed by atoms with Gasteiger partial charge in [0.05, 0.1) is 5.75 Å². The number of hydrogen-bond donors (Lipinski definition) is 0. The van der Waals surface area contributed by atoms with E-state index in [9.17, 15) is 8.42 Å². The topological polar surface area (TPSA) is 39.1 Å². The first-order valence-electron chi connectivity index (χ1n) is 5.20. The van der Waals surface area contributed by atoms with E-state index in [2.05, 4.69) is 10.6 Å². The van der Waals surface area contributed by atoms with Gasteiger partial charge in [0, 0.05) is 24.0 Å².